The monoisotopic (exact) mass is 375 g/mol. The maximum atomic E-state index is 12.4. The van der Waals surface area contributed by atoms with Gasteiger partial charge in [0.2, 0.25) is 5.91 Å². The molecule has 0 aliphatic carbocycles. The van der Waals surface area contributed by atoms with Crippen molar-refractivity contribution in [3.05, 3.63) is 101 Å². The molecule has 0 aliphatic rings. The van der Waals surface area contributed by atoms with Crippen molar-refractivity contribution in [2.24, 2.45) is 0 Å². The lowest BCUT2D eigenvalue weighted by Gasteiger charge is -2.18. The highest BCUT2D eigenvalue weighted by Gasteiger charge is 2.15. The number of benzene rings is 2. The average molecular weight is 375 g/mol. The number of nitrogens with one attached hydrogen (secondary N) is 2. The van der Waals surface area contributed by atoms with Crippen LogP contribution >= 0.6 is 0 Å². The zero-order valence-electron chi connectivity index (χ0n) is 16.0. The Labute approximate surface area is 165 Å². The van der Waals surface area contributed by atoms with Gasteiger partial charge in [-0.2, -0.15) is 0 Å². The fraction of sp³-hybridized carbons (Fsp3) is 0.217. The van der Waals surface area contributed by atoms with Crippen LogP contribution < -0.4 is 10.6 Å². The third-order valence-corrected chi connectivity index (χ3v) is 4.38. The Balaban J connectivity index is 1.59. The quantitative estimate of drug-likeness (QED) is 0.603. The van der Waals surface area contributed by atoms with Crippen LogP contribution in [0.25, 0.3) is 0 Å². The van der Waals surface area contributed by atoms with Gasteiger partial charge in [0.15, 0.2) is 0 Å². The number of nitrogens with zero attached hydrogens (tertiary/aromatic N) is 1. The predicted molar refractivity (Wildman–Crippen MR) is 110 cm³/mol. The van der Waals surface area contributed by atoms with Gasteiger partial charge in [-0.1, -0.05) is 60.7 Å². The Kier molecular flexibility index (Phi) is 7.29. The molecule has 0 aliphatic heterocycles. The summed E-state index contributed by atoms with van der Waals surface area (Å²) < 4.78 is 5.15. The summed E-state index contributed by atoms with van der Waals surface area (Å²) in [4.78, 5) is 16.8. The fourth-order valence-electron chi connectivity index (χ4n) is 3.04. The second kappa shape index (κ2) is 10.3. The van der Waals surface area contributed by atoms with E-state index in [0.29, 0.717) is 13.2 Å². The molecule has 1 atom stereocenters. The molecule has 0 spiro atoms. The fourth-order valence-corrected chi connectivity index (χ4v) is 3.04. The number of carbonyl (C=O) groups excluding carboxylic acids is 1. The molecule has 2 aromatic carbocycles. The highest BCUT2D eigenvalue weighted by atomic mass is 16.5. The van der Waals surface area contributed by atoms with Gasteiger partial charge in [-0.3, -0.25) is 15.1 Å². The van der Waals surface area contributed by atoms with Crippen LogP contribution in [-0.4, -0.2) is 24.5 Å². The van der Waals surface area contributed by atoms with Gasteiger partial charge >= 0.3 is 0 Å². The van der Waals surface area contributed by atoms with Gasteiger partial charge in [0.25, 0.3) is 0 Å². The van der Waals surface area contributed by atoms with Crippen molar-refractivity contribution in [2.75, 3.05) is 13.7 Å². The van der Waals surface area contributed by atoms with Crippen molar-refractivity contribution in [1.82, 2.24) is 15.6 Å². The minimum Gasteiger partial charge on any atom is -0.380 e. The SMILES string of the molecule is COCc1cccc(CNC(=O)CNC(c2ccccc2)c2ccccn2)c1. The number of rotatable bonds is 9. The molecule has 5 heteroatoms. The van der Waals surface area contributed by atoms with Crippen molar-refractivity contribution in [3.63, 3.8) is 0 Å². The topological polar surface area (TPSA) is 63.2 Å². The van der Waals surface area contributed by atoms with Crippen LogP contribution in [0.1, 0.15) is 28.4 Å². The summed E-state index contributed by atoms with van der Waals surface area (Å²) in [5.41, 5.74) is 4.09. The van der Waals surface area contributed by atoms with Crippen LogP contribution in [0.4, 0.5) is 0 Å². The number of hydrogen-bond acceptors (Lipinski definition) is 4. The lowest BCUT2D eigenvalue weighted by molar-refractivity contribution is -0.120. The Morgan fingerprint density at radius 2 is 1.79 bits per heavy atom. The molecular weight excluding hydrogens is 350 g/mol. The van der Waals surface area contributed by atoms with E-state index in [2.05, 4.69) is 15.6 Å². The van der Waals surface area contributed by atoms with E-state index >= 15 is 0 Å². The van der Waals surface area contributed by atoms with Crippen molar-refractivity contribution in [2.45, 2.75) is 19.2 Å². The van der Waals surface area contributed by atoms with Gasteiger partial charge in [0, 0.05) is 19.9 Å². The first-order valence-corrected chi connectivity index (χ1v) is 9.29. The lowest BCUT2D eigenvalue weighted by atomic mass is 10.0. The summed E-state index contributed by atoms with van der Waals surface area (Å²) in [6.07, 6.45) is 1.76. The number of pyridine rings is 1. The summed E-state index contributed by atoms with van der Waals surface area (Å²) in [5.74, 6) is -0.0611. The van der Waals surface area contributed by atoms with Crippen molar-refractivity contribution in [1.29, 1.82) is 0 Å². The maximum absolute atomic E-state index is 12.4. The Morgan fingerprint density at radius 3 is 2.54 bits per heavy atom. The number of methoxy groups -OCH3 is 1. The van der Waals surface area contributed by atoms with Crippen LogP contribution in [0.15, 0.2) is 79.0 Å². The zero-order valence-corrected chi connectivity index (χ0v) is 16.0. The third-order valence-electron chi connectivity index (χ3n) is 4.38. The lowest BCUT2D eigenvalue weighted by Crippen LogP contribution is -2.36. The molecule has 5 nitrogen and oxygen atoms in total. The first kappa shape index (κ1) is 19.7. The van der Waals surface area contributed by atoms with Crippen LogP contribution in [0.5, 0.6) is 0 Å². The molecule has 0 saturated carbocycles. The largest absolute Gasteiger partial charge is 0.380 e. The van der Waals surface area contributed by atoms with E-state index in [-0.39, 0.29) is 18.5 Å². The maximum Gasteiger partial charge on any atom is 0.234 e. The number of amides is 1. The van der Waals surface area contributed by atoms with Crippen molar-refractivity contribution >= 4 is 5.91 Å². The minimum absolute atomic E-state index is 0.0611. The molecule has 3 aromatic rings. The Hall–Kier alpha value is -3.02. The van der Waals surface area contributed by atoms with Crippen molar-refractivity contribution in [3.8, 4) is 0 Å². The smallest absolute Gasteiger partial charge is 0.234 e. The summed E-state index contributed by atoms with van der Waals surface area (Å²) in [6.45, 7) is 1.25. The molecular formula is C23H25N3O2. The molecule has 1 amide bonds. The Bertz CT molecular complexity index is 830. The van der Waals surface area contributed by atoms with E-state index in [1.54, 1.807) is 13.3 Å². The summed E-state index contributed by atoms with van der Waals surface area (Å²) in [5, 5.41) is 6.29. The molecule has 0 bridgehead atoms. The molecule has 0 fully saturated rings. The third kappa shape index (κ3) is 5.74. The second-order valence-corrected chi connectivity index (χ2v) is 6.51. The first-order chi connectivity index (χ1) is 13.8. The Morgan fingerprint density at radius 1 is 1.00 bits per heavy atom. The summed E-state index contributed by atoms with van der Waals surface area (Å²) in [7, 11) is 1.67. The highest BCUT2D eigenvalue weighted by Crippen LogP contribution is 2.19. The van der Waals surface area contributed by atoms with Gasteiger partial charge in [-0.25, -0.2) is 0 Å². The van der Waals surface area contributed by atoms with Crippen LogP contribution in [-0.2, 0) is 22.7 Å². The van der Waals surface area contributed by atoms with Gasteiger partial charge < -0.3 is 10.1 Å². The molecule has 3 rings (SSSR count). The van der Waals surface area contributed by atoms with Crippen molar-refractivity contribution < 1.29 is 9.53 Å². The zero-order chi connectivity index (χ0) is 19.6. The molecule has 0 saturated heterocycles. The van der Waals surface area contributed by atoms with E-state index in [1.807, 2.05) is 72.8 Å². The molecule has 2 N–H and O–H groups in total. The molecule has 1 aromatic heterocycles. The van der Waals surface area contributed by atoms with E-state index in [1.165, 1.54) is 0 Å². The number of carbonyl (C=O) groups is 1. The normalized spacial score (nSPS) is 11.8. The summed E-state index contributed by atoms with van der Waals surface area (Å²) >= 11 is 0. The van der Waals surface area contributed by atoms with E-state index in [4.69, 9.17) is 4.74 Å². The van der Waals surface area contributed by atoms with E-state index < -0.39 is 0 Å². The number of aromatic nitrogens is 1. The second-order valence-electron chi connectivity index (χ2n) is 6.51. The van der Waals surface area contributed by atoms with E-state index in [9.17, 15) is 4.79 Å². The molecule has 1 unspecified atom stereocenters. The van der Waals surface area contributed by atoms with Gasteiger partial charge in [0.1, 0.15) is 0 Å². The summed E-state index contributed by atoms with van der Waals surface area (Å²) in [6, 6.07) is 23.7. The van der Waals surface area contributed by atoms with E-state index in [0.717, 1.165) is 22.4 Å². The number of ether oxygens (including phenoxy) is 1. The minimum atomic E-state index is -0.141. The number of hydrogen-bond donors (Lipinski definition) is 2. The highest BCUT2D eigenvalue weighted by molar-refractivity contribution is 5.78. The standard InChI is InChI=1S/C23H25N3O2/c1-28-17-19-9-7-8-18(14-19)15-25-22(27)16-26-23(20-10-3-2-4-11-20)21-12-5-6-13-24-21/h2-14,23,26H,15-17H2,1H3,(H,25,27). The predicted octanol–water partition coefficient (Wildman–Crippen LogP) is 3.22. The molecule has 144 valence electrons. The van der Waals surface area contributed by atoms with Crippen LogP contribution in [0.3, 0.4) is 0 Å². The van der Waals surface area contributed by atoms with Gasteiger partial charge in [-0.05, 0) is 28.8 Å². The average Bonchev–Trinajstić information content (AvgIpc) is 2.74. The molecule has 0 radical (unpaired) electrons. The molecule has 1 heterocycles. The molecule has 28 heavy (non-hydrogen) atoms. The van der Waals surface area contributed by atoms with Crippen LogP contribution in [0.2, 0.25) is 0 Å². The van der Waals surface area contributed by atoms with Gasteiger partial charge in [0.05, 0.1) is 24.9 Å². The first-order valence-electron chi connectivity index (χ1n) is 9.29. The van der Waals surface area contributed by atoms with Crippen LogP contribution in [0, 0.1) is 0 Å². The van der Waals surface area contributed by atoms with Gasteiger partial charge in [-0.15, -0.1) is 0 Å².